The Bertz CT molecular complexity index is 713. The van der Waals surface area contributed by atoms with Crippen molar-refractivity contribution >= 4 is 28.8 Å². The van der Waals surface area contributed by atoms with Gasteiger partial charge in [-0.3, -0.25) is 4.79 Å². The molecule has 0 radical (unpaired) electrons. The summed E-state index contributed by atoms with van der Waals surface area (Å²) >= 11 is 0. The van der Waals surface area contributed by atoms with Gasteiger partial charge in [0.25, 0.3) is 0 Å². The predicted molar refractivity (Wildman–Crippen MR) is 89.2 cm³/mol. The predicted octanol–water partition coefficient (Wildman–Crippen LogP) is 1.84. The van der Waals surface area contributed by atoms with Gasteiger partial charge in [-0.15, -0.1) is 0 Å². The molecule has 3 rings (SSSR count). The standard InChI is InChI=1S/C16H19N5O2/c1-11(22)12-3-2-4-13(9-12)20-15-14(17)16(19-10-18-15)21-5-7-23-8-6-21/h2-4,9-10H,5-8,17H2,1H3,(H,18,19,20). The molecule has 0 atom stereocenters. The molecular weight excluding hydrogens is 294 g/mol. The molecule has 1 aliphatic heterocycles. The van der Waals surface area contributed by atoms with E-state index in [1.807, 2.05) is 12.1 Å². The highest BCUT2D eigenvalue weighted by Gasteiger charge is 2.17. The minimum Gasteiger partial charge on any atom is -0.393 e. The van der Waals surface area contributed by atoms with Gasteiger partial charge >= 0.3 is 0 Å². The lowest BCUT2D eigenvalue weighted by Crippen LogP contribution is -2.37. The molecule has 2 heterocycles. The molecule has 3 N–H and O–H groups in total. The number of carbonyl (C=O) groups is 1. The van der Waals surface area contributed by atoms with E-state index in [-0.39, 0.29) is 5.78 Å². The fraction of sp³-hybridized carbons (Fsp3) is 0.312. The molecule has 1 fully saturated rings. The van der Waals surface area contributed by atoms with E-state index in [9.17, 15) is 4.79 Å². The zero-order valence-electron chi connectivity index (χ0n) is 13.0. The van der Waals surface area contributed by atoms with E-state index in [0.717, 1.165) is 18.8 Å². The summed E-state index contributed by atoms with van der Waals surface area (Å²) in [6, 6.07) is 7.23. The number of aromatic nitrogens is 2. The normalized spacial score (nSPS) is 14.6. The molecule has 7 nitrogen and oxygen atoms in total. The highest BCUT2D eigenvalue weighted by Crippen LogP contribution is 2.29. The Morgan fingerprint density at radius 2 is 2.09 bits per heavy atom. The average molecular weight is 313 g/mol. The number of hydrogen-bond donors (Lipinski definition) is 2. The van der Waals surface area contributed by atoms with Gasteiger partial charge in [0, 0.05) is 24.3 Å². The number of ether oxygens (including phenoxy) is 1. The molecule has 0 amide bonds. The first-order chi connectivity index (χ1) is 11.1. The summed E-state index contributed by atoms with van der Waals surface area (Å²) in [7, 11) is 0. The summed E-state index contributed by atoms with van der Waals surface area (Å²) in [5.41, 5.74) is 8.11. The van der Waals surface area contributed by atoms with Gasteiger partial charge in [0.15, 0.2) is 17.4 Å². The quantitative estimate of drug-likeness (QED) is 0.832. The van der Waals surface area contributed by atoms with Crippen LogP contribution in [0.1, 0.15) is 17.3 Å². The van der Waals surface area contributed by atoms with E-state index >= 15 is 0 Å². The zero-order valence-corrected chi connectivity index (χ0v) is 13.0. The van der Waals surface area contributed by atoms with Crippen molar-refractivity contribution in [3.63, 3.8) is 0 Å². The zero-order chi connectivity index (χ0) is 16.2. The van der Waals surface area contributed by atoms with Crippen molar-refractivity contribution in [3.05, 3.63) is 36.2 Å². The summed E-state index contributed by atoms with van der Waals surface area (Å²) in [5, 5.41) is 3.16. The molecular formula is C16H19N5O2. The van der Waals surface area contributed by atoms with Crippen LogP contribution in [0.3, 0.4) is 0 Å². The molecule has 0 saturated carbocycles. The molecule has 0 aliphatic carbocycles. The molecule has 1 saturated heterocycles. The third-order valence-electron chi connectivity index (χ3n) is 3.71. The number of Topliss-reactive ketones (excluding diaryl/α,β-unsaturated/α-hetero) is 1. The molecule has 0 unspecified atom stereocenters. The summed E-state index contributed by atoms with van der Waals surface area (Å²) in [6.45, 7) is 4.36. The van der Waals surface area contributed by atoms with Crippen LogP contribution in [0.15, 0.2) is 30.6 Å². The maximum absolute atomic E-state index is 11.5. The SMILES string of the molecule is CC(=O)c1cccc(Nc2ncnc(N3CCOCC3)c2N)c1. The van der Waals surface area contributed by atoms with Crippen LogP contribution in [0.4, 0.5) is 23.0 Å². The van der Waals surface area contributed by atoms with E-state index in [4.69, 9.17) is 10.5 Å². The monoisotopic (exact) mass is 313 g/mol. The third-order valence-corrected chi connectivity index (χ3v) is 3.71. The van der Waals surface area contributed by atoms with Crippen molar-refractivity contribution in [2.45, 2.75) is 6.92 Å². The number of hydrogen-bond acceptors (Lipinski definition) is 7. The Morgan fingerprint density at radius 3 is 2.83 bits per heavy atom. The molecule has 120 valence electrons. The molecule has 2 aromatic rings. The van der Waals surface area contributed by atoms with E-state index in [2.05, 4.69) is 20.2 Å². The second-order valence-electron chi connectivity index (χ2n) is 5.32. The first kappa shape index (κ1) is 15.2. The summed E-state index contributed by atoms with van der Waals surface area (Å²) < 4.78 is 5.35. The lowest BCUT2D eigenvalue weighted by molar-refractivity contribution is 0.101. The Labute approximate surface area is 134 Å². The first-order valence-corrected chi connectivity index (χ1v) is 7.46. The van der Waals surface area contributed by atoms with Crippen molar-refractivity contribution in [1.82, 2.24) is 9.97 Å². The van der Waals surface area contributed by atoms with E-state index in [0.29, 0.717) is 36.1 Å². The van der Waals surface area contributed by atoms with Crippen LogP contribution in [-0.4, -0.2) is 42.1 Å². The summed E-state index contributed by atoms with van der Waals surface area (Å²) in [6.07, 6.45) is 1.48. The van der Waals surface area contributed by atoms with Crippen molar-refractivity contribution in [2.75, 3.05) is 42.3 Å². The Morgan fingerprint density at radius 1 is 1.30 bits per heavy atom. The van der Waals surface area contributed by atoms with Gasteiger partial charge in [0.05, 0.1) is 13.2 Å². The summed E-state index contributed by atoms with van der Waals surface area (Å²) in [4.78, 5) is 22.1. The number of nitrogens with zero attached hydrogens (tertiary/aromatic N) is 3. The number of carbonyl (C=O) groups excluding carboxylic acids is 1. The minimum absolute atomic E-state index is 0.0123. The molecule has 0 spiro atoms. The number of nitrogens with two attached hydrogens (primary N) is 1. The van der Waals surface area contributed by atoms with Gasteiger partial charge < -0.3 is 20.7 Å². The number of nitrogens with one attached hydrogen (secondary N) is 1. The van der Waals surface area contributed by atoms with Gasteiger partial charge in [-0.25, -0.2) is 9.97 Å². The van der Waals surface area contributed by atoms with Crippen molar-refractivity contribution in [2.24, 2.45) is 0 Å². The molecule has 1 aromatic carbocycles. The summed E-state index contributed by atoms with van der Waals surface area (Å²) in [5.74, 6) is 1.24. The topological polar surface area (TPSA) is 93.4 Å². The van der Waals surface area contributed by atoms with E-state index < -0.39 is 0 Å². The Balaban J connectivity index is 1.85. The van der Waals surface area contributed by atoms with Gasteiger partial charge in [0.2, 0.25) is 0 Å². The first-order valence-electron chi connectivity index (χ1n) is 7.46. The molecule has 1 aliphatic rings. The molecule has 1 aromatic heterocycles. The van der Waals surface area contributed by atoms with Gasteiger partial charge in [-0.05, 0) is 19.1 Å². The maximum Gasteiger partial charge on any atom is 0.159 e. The number of benzene rings is 1. The van der Waals surface area contributed by atoms with Crippen LogP contribution in [0.2, 0.25) is 0 Å². The van der Waals surface area contributed by atoms with Crippen LogP contribution >= 0.6 is 0 Å². The number of morpholine rings is 1. The minimum atomic E-state index is 0.0123. The highest BCUT2D eigenvalue weighted by molar-refractivity contribution is 5.95. The highest BCUT2D eigenvalue weighted by atomic mass is 16.5. The molecule has 0 bridgehead atoms. The van der Waals surface area contributed by atoms with Gasteiger partial charge in [0.1, 0.15) is 12.0 Å². The van der Waals surface area contributed by atoms with Crippen LogP contribution < -0.4 is 16.0 Å². The number of anilines is 4. The van der Waals surface area contributed by atoms with Crippen molar-refractivity contribution in [1.29, 1.82) is 0 Å². The Hall–Kier alpha value is -2.67. The van der Waals surface area contributed by atoms with Gasteiger partial charge in [-0.2, -0.15) is 0 Å². The van der Waals surface area contributed by atoms with Crippen LogP contribution in [0, 0.1) is 0 Å². The van der Waals surface area contributed by atoms with E-state index in [1.165, 1.54) is 13.3 Å². The molecule has 7 heteroatoms. The lowest BCUT2D eigenvalue weighted by Gasteiger charge is -2.29. The van der Waals surface area contributed by atoms with Crippen molar-refractivity contribution < 1.29 is 9.53 Å². The van der Waals surface area contributed by atoms with Crippen LogP contribution in [0.25, 0.3) is 0 Å². The second kappa shape index (κ2) is 6.62. The largest absolute Gasteiger partial charge is 0.393 e. The van der Waals surface area contributed by atoms with Crippen LogP contribution in [-0.2, 0) is 4.74 Å². The van der Waals surface area contributed by atoms with E-state index in [1.54, 1.807) is 12.1 Å². The fourth-order valence-electron chi connectivity index (χ4n) is 2.47. The smallest absolute Gasteiger partial charge is 0.159 e. The average Bonchev–Trinajstić information content (AvgIpc) is 2.58. The van der Waals surface area contributed by atoms with Gasteiger partial charge in [-0.1, -0.05) is 12.1 Å². The maximum atomic E-state index is 11.5. The lowest BCUT2D eigenvalue weighted by atomic mass is 10.1. The number of rotatable bonds is 4. The van der Waals surface area contributed by atoms with Crippen molar-refractivity contribution in [3.8, 4) is 0 Å². The second-order valence-corrected chi connectivity index (χ2v) is 5.32. The Kier molecular flexibility index (Phi) is 4.38. The third kappa shape index (κ3) is 3.40. The molecule has 23 heavy (non-hydrogen) atoms. The van der Waals surface area contributed by atoms with Crippen LogP contribution in [0.5, 0.6) is 0 Å². The fourth-order valence-corrected chi connectivity index (χ4v) is 2.47. The number of ketones is 1. The number of nitrogen functional groups attached to an aromatic ring is 1.